The molecule has 0 atom stereocenters. The molecule has 3 rings (SSSR count). The molecule has 2 amide bonds. The Morgan fingerprint density at radius 2 is 2.28 bits per heavy atom. The van der Waals surface area contributed by atoms with Crippen LogP contribution in [0.2, 0.25) is 0 Å². The van der Waals surface area contributed by atoms with Gasteiger partial charge in [0.15, 0.2) is 5.13 Å². The van der Waals surface area contributed by atoms with Gasteiger partial charge < -0.3 is 14.8 Å². The van der Waals surface area contributed by atoms with Gasteiger partial charge in [-0.15, -0.1) is 0 Å². The van der Waals surface area contributed by atoms with Crippen molar-refractivity contribution in [3.63, 3.8) is 0 Å². The van der Waals surface area contributed by atoms with Crippen molar-refractivity contribution in [3.05, 3.63) is 30.0 Å². The monoisotopic (exact) mass is 358 g/mol. The highest BCUT2D eigenvalue weighted by Crippen LogP contribution is 2.33. The Kier molecular flexibility index (Phi) is 5.16. The van der Waals surface area contributed by atoms with E-state index in [1.54, 1.807) is 12.3 Å². The molecule has 0 aliphatic carbocycles. The van der Waals surface area contributed by atoms with Crippen LogP contribution in [0.3, 0.4) is 0 Å². The number of hydrogen-bond donors (Lipinski definition) is 2. The van der Waals surface area contributed by atoms with E-state index in [-0.39, 0.29) is 18.2 Å². The van der Waals surface area contributed by atoms with Crippen molar-refractivity contribution in [1.29, 1.82) is 5.26 Å². The fourth-order valence-corrected chi connectivity index (χ4v) is 3.03. The Hall–Kier alpha value is -2.63. The molecule has 130 valence electrons. The third-order valence-corrected chi connectivity index (χ3v) is 4.41. The Balaban J connectivity index is 1.72. The molecule has 1 aliphatic heterocycles. The Labute approximate surface area is 149 Å². The van der Waals surface area contributed by atoms with Gasteiger partial charge in [-0.25, -0.2) is 9.78 Å². The van der Waals surface area contributed by atoms with E-state index in [9.17, 15) is 10.1 Å². The minimum absolute atomic E-state index is 0.0276. The lowest BCUT2D eigenvalue weighted by atomic mass is 10.1. The molecule has 25 heavy (non-hydrogen) atoms. The fourth-order valence-electron chi connectivity index (χ4n) is 2.22. The molecule has 2 N–H and O–H groups in total. The third kappa shape index (κ3) is 4.26. The quantitative estimate of drug-likeness (QED) is 0.856. The van der Waals surface area contributed by atoms with Crippen LogP contribution in [0.1, 0.15) is 19.4 Å². The van der Waals surface area contributed by atoms with Gasteiger partial charge in [0.1, 0.15) is 11.8 Å². The number of anilines is 1. The van der Waals surface area contributed by atoms with Crippen molar-refractivity contribution in [1.82, 2.24) is 10.3 Å². The number of urea groups is 1. The number of nitriles is 1. The van der Waals surface area contributed by atoms with Crippen LogP contribution >= 0.6 is 11.3 Å². The summed E-state index contributed by atoms with van der Waals surface area (Å²) in [5.41, 5.74) is 1.37. The molecular weight excluding hydrogens is 340 g/mol. The van der Waals surface area contributed by atoms with E-state index in [1.807, 2.05) is 26.0 Å². The Bertz CT molecular complexity index is 808. The summed E-state index contributed by atoms with van der Waals surface area (Å²) in [6.07, 6.45) is 1.66. The van der Waals surface area contributed by atoms with Gasteiger partial charge in [-0.3, -0.25) is 5.32 Å². The van der Waals surface area contributed by atoms with Crippen LogP contribution in [0.5, 0.6) is 5.75 Å². The average Bonchev–Trinajstić information content (AvgIpc) is 2.99. The first kappa shape index (κ1) is 17.2. The molecule has 7 nitrogen and oxygen atoms in total. The van der Waals surface area contributed by atoms with Gasteiger partial charge in [0.2, 0.25) is 0 Å². The predicted octanol–water partition coefficient (Wildman–Crippen LogP) is 2.99. The number of benzene rings is 1. The minimum atomic E-state index is -0.294. The van der Waals surface area contributed by atoms with E-state index in [1.165, 1.54) is 11.3 Å². The van der Waals surface area contributed by atoms with Gasteiger partial charge in [0, 0.05) is 6.20 Å². The normalized spacial score (nSPS) is 13.8. The number of hydrogen-bond acceptors (Lipinski definition) is 6. The largest absolute Gasteiger partial charge is 0.490 e. The fraction of sp³-hybridized carbons (Fsp3) is 0.353. The van der Waals surface area contributed by atoms with E-state index in [0.29, 0.717) is 29.7 Å². The summed E-state index contributed by atoms with van der Waals surface area (Å²) in [4.78, 5) is 17.0. The average molecular weight is 358 g/mol. The highest BCUT2D eigenvalue weighted by atomic mass is 32.1. The molecule has 0 unspecified atom stereocenters. The minimum Gasteiger partial charge on any atom is -0.490 e. The highest BCUT2D eigenvalue weighted by Gasteiger charge is 2.20. The van der Waals surface area contributed by atoms with Crippen LogP contribution in [-0.2, 0) is 4.74 Å². The maximum Gasteiger partial charge on any atom is 0.321 e. The lowest BCUT2D eigenvalue weighted by molar-refractivity contribution is 0.000735. The Morgan fingerprint density at radius 1 is 1.48 bits per heavy atom. The summed E-state index contributed by atoms with van der Waals surface area (Å²) in [6.45, 7) is 4.91. The molecule has 1 aromatic carbocycles. The van der Waals surface area contributed by atoms with Crippen LogP contribution in [0.4, 0.5) is 9.93 Å². The van der Waals surface area contributed by atoms with Crippen LogP contribution in [-0.4, -0.2) is 36.4 Å². The van der Waals surface area contributed by atoms with Crippen molar-refractivity contribution in [2.75, 3.05) is 18.5 Å². The first-order valence-corrected chi connectivity index (χ1v) is 8.69. The molecule has 0 radical (unpaired) electrons. The number of rotatable bonds is 5. The number of nitrogens with zero attached hydrogens (tertiary/aromatic N) is 2. The standard InChI is InChI=1S/C17H18N4O3S/c1-10(2)24-14-5-11(3-4-12(14)6-18)15-7-19-17(25-15)21-16(22)20-13-8-23-9-13/h3-5,7,10,13H,8-9H2,1-2H3,(H2,19,20,21,22). The highest BCUT2D eigenvalue weighted by molar-refractivity contribution is 7.19. The zero-order chi connectivity index (χ0) is 17.8. The summed E-state index contributed by atoms with van der Waals surface area (Å²) < 4.78 is 10.7. The van der Waals surface area contributed by atoms with Crippen LogP contribution in [0, 0.1) is 11.3 Å². The molecule has 1 aromatic heterocycles. The number of thiazole rings is 1. The van der Waals surface area contributed by atoms with Crippen LogP contribution < -0.4 is 15.4 Å². The van der Waals surface area contributed by atoms with Crippen molar-refractivity contribution in [2.45, 2.75) is 26.0 Å². The number of carbonyl (C=O) groups is 1. The molecule has 1 saturated heterocycles. The second-order valence-electron chi connectivity index (χ2n) is 5.85. The van der Waals surface area contributed by atoms with E-state index < -0.39 is 0 Å². The van der Waals surface area contributed by atoms with Crippen molar-refractivity contribution < 1.29 is 14.3 Å². The van der Waals surface area contributed by atoms with Crippen LogP contribution in [0.15, 0.2) is 24.4 Å². The molecule has 0 spiro atoms. The van der Waals surface area contributed by atoms with Crippen molar-refractivity contribution in [3.8, 4) is 22.3 Å². The molecule has 1 aliphatic rings. The number of nitrogens with one attached hydrogen (secondary N) is 2. The van der Waals surface area contributed by atoms with Crippen molar-refractivity contribution >= 4 is 22.5 Å². The summed E-state index contributed by atoms with van der Waals surface area (Å²) in [6, 6.07) is 7.29. The Morgan fingerprint density at radius 3 is 2.92 bits per heavy atom. The molecule has 0 bridgehead atoms. The third-order valence-electron chi connectivity index (χ3n) is 3.45. The summed E-state index contributed by atoms with van der Waals surface area (Å²) in [5, 5.41) is 15.2. The smallest absolute Gasteiger partial charge is 0.321 e. The van der Waals surface area contributed by atoms with Crippen molar-refractivity contribution in [2.24, 2.45) is 0 Å². The van der Waals surface area contributed by atoms with Gasteiger partial charge in [-0.2, -0.15) is 5.26 Å². The first-order valence-electron chi connectivity index (χ1n) is 7.87. The van der Waals surface area contributed by atoms with Gasteiger partial charge >= 0.3 is 6.03 Å². The zero-order valence-electron chi connectivity index (χ0n) is 13.9. The molecule has 8 heteroatoms. The summed E-state index contributed by atoms with van der Waals surface area (Å²) in [5.74, 6) is 0.542. The predicted molar refractivity (Wildman–Crippen MR) is 94.8 cm³/mol. The van der Waals surface area contributed by atoms with Gasteiger partial charge in [-0.05, 0) is 31.5 Å². The van der Waals surface area contributed by atoms with E-state index >= 15 is 0 Å². The molecular formula is C17H18N4O3S. The zero-order valence-corrected chi connectivity index (χ0v) is 14.7. The lowest BCUT2D eigenvalue weighted by Gasteiger charge is -2.26. The van der Waals surface area contributed by atoms with E-state index in [4.69, 9.17) is 9.47 Å². The lowest BCUT2D eigenvalue weighted by Crippen LogP contribution is -2.49. The molecule has 2 heterocycles. The second-order valence-corrected chi connectivity index (χ2v) is 6.88. The number of amides is 2. The molecule has 2 aromatic rings. The maximum atomic E-state index is 11.9. The molecule has 0 saturated carbocycles. The van der Waals surface area contributed by atoms with Gasteiger partial charge in [0.05, 0.1) is 35.8 Å². The molecule has 1 fully saturated rings. The second kappa shape index (κ2) is 7.51. The van der Waals surface area contributed by atoms with Crippen LogP contribution in [0.25, 0.3) is 10.4 Å². The van der Waals surface area contributed by atoms with Gasteiger partial charge in [0.25, 0.3) is 0 Å². The number of carbonyl (C=O) groups excluding carboxylic acids is 1. The number of ether oxygens (including phenoxy) is 2. The summed E-state index contributed by atoms with van der Waals surface area (Å²) in [7, 11) is 0. The first-order chi connectivity index (χ1) is 12.0. The number of aromatic nitrogens is 1. The van der Waals surface area contributed by atoms with E-state index in [0.717, 1.165) is 10.4 Å². The maximum absolute atomic E-state index is 11.9. The topological polar surface area (TPSA) is 96.3 Å². The van der Waals surface area contributed by atoms with E-state index in [2.05, 4.69) is 21.7 Å². The SMILES string of the molecule is CC(C)Oc1cc(-c2cnc(NC(=O)NC3COC3)s2)ccc1C#N. The van der Waals surface area contributed by atoms with Gasteiger partial charge in [-0.1, -0.05) is 17.4 Å². The summed E-state index contributed by atoms with van der Waals surface area (Å²) >= 11 is 1.36.